The summed E-state index contributed by atoms with van der Waals surface area (Å²) in [6.07, 6.45) is 0. The maximum Gasteiger partial charge on any atom is 0.341 e. The minimum Gasteiger partial charge on any atom is -0.481 e. The Morgan fingerprint density at radius 2 is 1.78 bits per heavy atom. The van der Waals surface area contributed by atoms with Crippen molar-refractivity contribution in [3.63, 3.8) is 0 Å². The number of carboxylic acids is 1. The molecule has 2 aromatic carbocycles. The molecule has 0 saturated carbocycles. The highest BCUT2D eigenvalue weighted by atomic mass is 16.7. The zero-order valence-corrected chi connectivity index (χ0v) is 15.4. The lowest BCUT2D eigenvalue weighted by atomic mass is 10.0. The van der Waals surface area contributed by atoms with Crippen LogP contribution in [-0.4, -0.2) is 42.3 Å². The molecule has 1 heterocycles. The summed E-state index contributed by atoms with van der Waals surface area (Å²) in [4.78, 5) is 25.1. The molecule has 2 aromatic rings. The number of rotatable bonds is 6. The lowest BCUT2D eigenvalue weighted by Gasteiger charge is -2.19. The highest BCUT2D eigenvalue weighted by molar-refractivity contribution is 5.94. The van der Waals surface area contributed by atoms with Gasteiger partial charge in [-0.25, -0.2) is 4.79 Å². The average molecular weight is 371 g/mol. The third-order valence-corrected chi connectivity index (χ3v) is 4.25. The van der Waals surface area contributed by atoms with Crippen LogP contribution in [-0.2, 0) is 11.3 Å². The van der Waals surface area contributed by atoms with Gasteiger partial charge in [0.05, 0.1) is 0 Å². The number of ether oxygens (including phenoxy) is 3. The molecule has 0 atom stereocenters. The van der Waals surface area contributed by atoms with E-state index in [0.717, 1.165) is 16.7 Å². The molecule has 0 bridgehead atoms. The van der Waals surface area contributed by atoms with Gasteiger partial charge in [0.2, 0.25) is 6.79 Å². The minimum absolute atomic E-state index is 0.136. The smallest absolute Gasteiger partial charge is 0.341 e. The molecular formula is C20H21NO6. The predicted molar refractivity (Wildman–Crippen MR) is 97.4 cm³/mol. The molecule has 1 aliphatic heterocycles. The van der Waals surface area contributed by atoms with E-state index in [9.17, 15) is 9.59 Å². The third kappa shape index (κ3) is 4.13. The SMILES string of the molecule is Cc1cc(C(=O)N(C)Cc2ccc3c(c2)OCO3)cc(C)c1OCC(=O)O. The zero-order chi connectivity index (χ0) is 19.6. The summed E-state index contributed by atoms with van der Waals surface area (Å²) < 4.78 is 16.0. The molecule has 0 unspecified atom stereocenters. The number of hydrogen-bond acceptors (Lipinski definition) is 5. The van der Waals surface area contributed by atoms with Crippen molar-refractivity contribution >= 4 is 11.9 Å². The van der Waals surface area contributed by atoms with E-state index in [1.807, 2.05) is 18.2 Å². The van der Waals surface area contributed by atoms with Crippen molar-refractivity contribution in [2.75, 3.05) is 20.4 Å². The van der Waals surface area contributed by atoms with E-state index in [1.54, 1.807) is 37.9 Å². The molecule has 27 heavy (non-hydrogen) atoms. The molecule has 1 amide bonds. The van der Waals surface area contributed by atoms with E-state index >= 15 is 0 Å². The summed E-state index contributed by atoms with van der Waals surface area (Å²) in [6, 6.07) is 9.02. The first-order valence-corrected chi connectivity index (χ1v) is 8.45. The number of benzene rings is 2. The van der Waals surface area contributed by atoms with Crippen LogP contribution in [0.5, 0.6) is 17.2 Å². The van der Waals surface area contributed by atoms with Gasteiger partial charge < -0.3 is 24.2 Å². The number of hydrogen-bond donors (Lipinski definition) is 1. The van der Waals surface area contributed by atoms with Crippen molar-refractivity contribution < 1.29 is 28.9 Å². The minimum atomic E-state index is -1.04. The number of amides is 1. The Labute approximate surface area is 157 Å². The molecule has 142 valence electrons. The maximum absolute atomic E-state index is 12.8. The van der Waals surface area contributed by atoms with E-state index in [1.165, 1.54) is 0 Å². The maximum atomic E-state index is 12.8. The summed E-state index contributed by atoms with van der Waals surface area (Å²) >= 11 is 0. The van der Waals surface area contributed by atoms with Gasteiger partial charge in [0.1, 0.15) is 5.75 Å². The average Bonchev–Trinajstić information content (AvgIpc) is 3.07. The van der Waals surface area contributed by atoms with Gasteiger partial charge in [-0.05, 0) is 54.8 Å². The molecular weight excluding hydrogens is 350 g/mol. The molecule has 7 nitrogen and oxygen atoms in total. The Hall–Kier alpha value is -3.22. The van der Waals surface area contributed by atoms with Crippen LogP contribution in [0.15, 0.2) is 30.3 Å². The first-order valence-electron chi connectivity index (χ1n) is 8.45. The van der Waals surface area contributed by atoms with Gasteiger partial charge in [-0.15, -0.1) is 0 Å². The molecule has 7 heteroatoms. The third-order valence-electron chi connectivity index (χ3n) is 4.25. The molecule has 0 saturated heterocycles. The van der Waals surface area contributed by atoms with Gasteiger partial charge in [-0.2, -0.15) is 0 Å². The Morgan fingerprint density at radius 3 is 2.44 bits per heavy atom. The summed E-state index contributed by atoms with van der Waals surface area (Å²) in [5.41, 5.74) is 2.90. The highest BCUT2D eigenvalue weighted by Gasteiger charge is 2.18. The molecule has 0 fully saturated rings. The van der Waals surface area contributed by atoms with Crippen molar-refractivity contribution in [1.29, 1.82) is 0 Å². The van der Waals surface area contributed by atoms with Crippen LogP contribution >= 0.6 is 0 Å². The van der Waals surface area contributed by atoms with E-state index in [0.29, 0.717) is 29.4 Å². The number of carbonyl (C=O) groups is 2. The quantitative estimate of drug-likeness (QED) is 0.840. The molecule has 0 aliphatic carbocycles. The monoisotopic (exact) mass is 371 g/mol. The van der Waals surface area contributed by atoms with Gasteiger partial charge >= 0.3 is 5.97 Å². The number of carboxylic acid groups (broad SMARTS) is 1. The van der Waals surface area contributed by atoms with E-state index < -0.39 is 12.6 Å². The van der Waals surface area contributed by atoms with Gasteiger partial charge in [0.15, 0.2) is 18.1 Å². The number of aryl methyl sites for hydroxylation is 2. The Kier molecular flexibility index (Phi) is 5.21. The Balaban J connectivity index is 1.73. The number of aliphatic carboxylic acids is 1. The highest BCUT2D eigenvalue weighted by Crippen LogP contribution is 2.33. The van der Waals surface area contributed by atoms with E-state index in [4.69, 9.17) is 19.3 Å². The van der Waals surface area contributed by atoms with Crippen molar-refractivity contribution in [2.24, 2.45) is 0 Å². The van der Waals surface area contributed by atoms with Gasteiger partial charge in [0.25, 0.3) is 5.91 Å². The fourth-order valence-corrected chi connectivity index (χ4v) is 3.04. The summed E-state index contributed by atoms with van der Waals surface area (Å²) in [7, 11) is 1.73. The number of fused-ring (bicyclic) bond motifs is 1. The molecule has 0 radical (unpaired) electrons. The van der Waals surface area contributed by atoms with Gasteiger partial charge in [-0.1, -0.05) is 6.07 Å². The molecule has 0 aromatic heterocycles. The van der Waals surface area contributed by atoms with Crippen LogP contribution in [0.4, 0.5) is 0 Å². The normalized spacial score (nSPS) is 12.0. The topological polar surface area (TPSA) is 85.3 Å². The molecule has 1 aliphatic rings. The summed E-state index contributed by atoms with van der Waals surface area (Å²) in [6.45, 7) is 3.80. The first-order chi connectivity index (χ1) is 12.8. The lowest BCUT2D eigenvalue weighted by Crippen LogP contribution is -2.26. The van der Waals surface area contributed by atoms with Crippen LogP contribution in [0, 0.1) is 13.8 Å². The predicted octanol–water partition coefficient (Wildman–Crippen LogP) is 2.77. The Bertz CT molecular complexity index is 869. The van der Waals surface area contributed by atoms with E-state index in [-0.39, 0.29) is 12.7 Å². The first kappa shape index (κ1) is 18.6. The zero-order valence-electron chi connectivity index (χ0n) is 15.4. The van der Waals surface area contributed by atoms with Crippen molar-refractivity contribution in [3.8, 4) is 17.2 Å². The second-order valence-corrected chi connectivity index (χ2v) is 6.47. The van der Waals surface area contributed by atoms with Crippen LogP contribution in [0.25, 0.3) is 0 Å². The van der Waals surface area contributed by atoms with Gasteiger partial charge in [-0.3, -0.25) is 4.79 Å². The Morgan fingerprint density at radius 1 is 1.11 bits per heavy atom. The van der Waals surface area contributed by atoms with Crippen molar-refractivity contribution in [3.05, 3.63) is 52.6 Å². The van der Waals surface area contributed by atoms with Crippen LogP contribution in [0.2, 0.25) is 0 Å². The van der Waals surface area contributed by atoms with Crippen molar-refractivity contribution in [1.82, 2.24) is 4.90 Å². The second kappa shape index (κ2) is 7.57. The summed E-state index contributed by atoms with van der Waals surface area (Å²) in [5, 5.41) is 8.77. The second-order valence-electron chi connectivity index (χ2n) is 6.47. The van der Waals surface area contributed by atoms with Crippen LogP contribution < -0.4 is 14.2 Å². The van der Waals surface area contributed by atoms with Crippen LogP contribution in [0.3, 0.4) is 0 Å². The molecule has 3 rings (SSSR count). The summed E-state index contributed by atoms with van der Waals surface area (Å²) in [5.74, 6) is 0.698. The largest absolute Gasteiger partial charge is 0.481 e. The number of carbonyl (C=O) groups excluding carboxylic acids is 1. The molecule has 1 N–H and O–H groups in total. The van der Waals surface area contributed by atoms with Crippen molar-refractivity contribution in [2.45, 2.75) is 20.4 Å². The number of nitrogens with zero attached hydrogens (tertiary/aromatic N) is 1. The van der Waals surface area contributed by atoms with Crippen LogP contribution in [0.1, 0.15) is 27.0 Å². The van der Waals surface area contributed by atoms with Gasteiger partial charge in [0, 0.05) is 19.2 Å². The van der Waals surface area contributed by atoms with E-state index in [2.05, 4.69) is 0 Å². The standard InChI is InChI=1S/C20H21NO6/c1-12-6-15(7-13(2)19(12)25-10-18(22)23)20(24)21(3)9-14-4-5-16-17(8-14)27-11-26-16/h4-8H,9-11H2,1-3H3,(H,22,23). The lowest BCUT2D eigenvalue weighted by molar-refractivity contribution is -0.139. The molecule has 0 spiro atoms. The fourth-order valence-electron chi connectivity index (χ4n) is 3.04. The fraction of sp³-hybridized carbons (Fsp3) is 0.300.